The number of benzene rings is 4. The summed E-state index contributed by atoms with van der Waals surface area (Å²) in [4.78, 5) is 39.4. The number of nitrogens with zero attached hydrogens (tertiary/aromatic N) is 3. The van der Waals surface area contributed by atoms with Crippen LogP contribution in [0, 0.1) is 15.9 Å². The lowest BCUT2D eigenvalue weighted by molar-refractivity contribution is -0.384. The number of carbonyl (C=O) groups excluding carboxylic acids is 2. The molecule has 1 N–H and O–H groups in total. The third-order valence-corrected chi connectivity index (χ3v) is 8.67. The number of nitro benzene ring substituents is 1. The van der Waals surface area contributed by atoms with E-state index in [-0.39, 0.29) is 41.3 Å². The lowest BCUT2D eigenvalue weighted by Crippen LogP contribution is -2.53. The van der Waals surface area contributed by atoms with Crippen molar-refractivity contribution in [3.63, 3.8) is 0 Å². The van der Waals surface area contributed by atoms with Crippen molar-refractivity contribution < 1.29 is 27.3 Å². The maximum absolute atomic E-state index is 14.9. The second-order valence-electron chi connectivity index (χ2n) is 9.81. The molecule has 4 rings (SSSR count). The Morgan fingerprint density at radius 1 is 0.886 bits per heavy atom. The molecule has 1 atom stereocenters. The minimum Gasteiger partial charge on any atom is -0.355 e. The van der Waals surface area contributed by atoms with E-state index in [1.54, 1.807) is 43.3 Å². The van der Waals surface area contributed by atoms with Crippen LogP contribution in [-0.4, -0.2) is 49.2 Å². The number of rotatable bonds is 13. The van der Waals surface area contributed by atoms with Gasteiger partial charge in [-0.1, -0.05) is 66.7 Å². The molecule has 10 nitrogen and oxygen atoms in total. The largest absolute Gasteiger partial charge is 0.355 e. The zero-order valence-electron chi connectivity index (χ0n) is 23.9. The van der Waals surface area contributed by atoms with Gasteiger partial charge in [0.1, 0.15) is 18.4 Å². The number of hydrogen-bond acceptors (Lipinski definition) is 6. The van der Waals surface area contributed by atoms with Crippen LogP contribution in [0.5, 0.6) is 0 Å². The molecule has 4 aromatic carbocycles. The maximum Gasteiger partial charge on any atom is 0.269 e. The number of likely N-dealkylation sites (N-methyl/N-ethyl adjacent to an activating group) is 1. The topological polar surface area (TPSA) is 130 Å². The van der Waals surface area contributed by atoms with Crippen LogP contribution in [0.1, 0.15) is 18.1 Å². The van der Waals surface area contributed by atoms with Gasteiger partial charge in [0.25, 0.3) is 15.7 Å². The van der Waals surface area contributed by atoms with Crippen molar-refractivity contribution in [3.05, 3.63) is 136 Å². The average Bonchev–Trinajstić information content (AvgIpc) is 3.03. The molecule has 0 saturated heterocycles. The van der Waals surface area contributed by atoms with Crippen LogP contribution in [-0.2, 0) is 32.6 Å². The molecular weight excluding hydrogens is 587 g/mol. The highest BCUT2D eigenvalue weighted by Crippen LogP contribution is 2.27. The first-order valence-corrected chi connectivity index (χ1v) is 15.2. The Morgan fingerprint density at radius 2 is 1.48 bits per heavy atom. The third-order valence-electron chi connectivity index (χ3n) is 6.88. The van der Waals surface area contributed by atoms with E-state index in [0.717, 1.165) is 22.0 Å². The zero-order valence-corrected chi connectivity index (χ0v) is 24.7. The first kappa shape index (κ1) is 31.8. The summed E-state index contributed by atoms with van der Waals surface area (Å²) in [5.74, 6) is -1.86. The standard InChI is InChI=1S/C32H31FN4O6S/c1-2-34-32(39)30(21-24-11-5-3-6-12-24)35(22-25-13-9-10-16-29(25)33)31(38)23-36(26-17-19-27(20-18-26)37(40)41)44(42,43)28-14-7-4-8-15-28/h3-20,30H,2,21-23H2,1H3,(H,34,39). The van der Waals surface area contributed by atoms with Gasteiger partial charge < -0.3 is 10.2 Å². The molecule has 44 heavy (non-hydrogen) atoms. The first-order chi connectivity index (χ1) is 21.1. The molecule has 228 valence electrons. The van der Waals surface area contributed by atoms with Crippen molar-refractivity contribution in [3.8, 4) is 0 Å². The van der Waals surface area contributed by atoms with Crippen molar-refractivity contribution in [2.75, 3.05) is 17.4 Å². The number of carbonyl (C=O) groups is 2. The van der Waals surface area contributed by atoms with Gasteiger partial charge in [0, 0.05) is 37.2 Å². The van der Waals surface area contributed by atoms with Gasteiger partial charge in [-0.15, -0.1) is 0 Å². The van der Waals surface area contributed by atoms with E-state index in [1.807, 2.05) is 6.07 Å². The molecule has 0 spiro atoms. The molecule has 0 aliphatic rings. The highest BCUT2D eigenvalue weighted by Gasteiger charge is 2.35. The molecule has 4 aromatic rings. The van der Waals surface area contributed by atoms with Crippen molar-refractivity contribution in [2.24, 2.45) is 0 Å². The Bertz CT molecular complexity index is 1700. The van der Waals surface area contributed by atoms with Gasteiger partial charge in [-0.25, -0.2) is 12.8 Å². The van der Waals surface area contributed by atoms with E-state index in [4.69, 9.17) is 0 Å². The Hall–Kier alpha value is -5.10. The molecule has 1 unspecified atom stereocenters. The molecule has 0 saturated carbocycles. The first-order valence-electron chi connectivity index (χ1n) is 13.8. The Balaban J connectivity index is 1.81. The summed E-state index contributed by atoms with van der Waals surface area (Å²) < 4.78 is 43.5. The van der Waals surface area contributed by atoms with Gasteiger partial charge in [-0.2, -0.15) is 0 Å². The number of anilines is 1. The summed E-state index contributed by atoms with van der Waals surface area (Å²) in [7, 11) is -4.37. The number of non-ortho nitro benzene ring substituents is 1. The number of sulfonamides is 1. The SMILES string of the molecule is CCNC(=O)C(Cc1ccccc1)N(Cc1ccccc1F)C(=O)CN(c1ccc([N+](=O)[O-])cc1)S(=O)(=O)c1ccccc1. The summed E-state index contributed by atoms with van der Waals surface area (Å²) in [5.41, 5.74) is 0.601. The number of amides is 2. The van der Waals surface area contributed by atoms with Crippen LogP contribution in [0.4, 0.5) is 15.8 Å². The molecular formula is C32H31FN4O6S. The lowest BCUT2D eigenvalue weighted by atomic mass is 10.0. The molecule has 2 amide bonds. The smallest absolute Gasteiger partial charge is 0.269 e. The van der Waals surface area contributed by atoms with Crippen molar-refractivity contribution >= 4 is 33.2 Å². The van der Waals surface area contributed by atoms with E-state index < -0.39 is 45.2 Å². The third kappa shape index (κ3) is 7.64. The van der Waals surface area contributed by atoms with Gasteiger partial charge in [0.15, 0.2) is 0 Å². The van der Waals surface area contributed by atoms with Crippen LogP contribution < -0.4 is 9.62 Å². The van der Waals surface area contributed by atoms with Gasteiger partial charge >= 0.3 is 0 Å². The van der Waals surface area contributed by atoms with E-state index in [1.165, 1.54) is 59.5 Å². The quantitative estimate of drug-likeness (QED) is 0.171. The summed E-state index contributed by atoms with van der Waals surface area (Å²) in [6.45, 7) is 0.903. The molecule has 0 heterocycles. The average molecular weight is 619 g/mol. The molecule has 12 heteroatoms. The summed E-state index contributed by atoms with van der Waals surface area (Å²) >= 11 is 0. The monoisotopic (exact) mass is 618 g/mol. The normalized spacial score (nSPS) is 11.8. The minimum absolute atomic E-state index is 0.00346. The highest BCUT2D eigenvalue weighted by molar-refractivity contribution is 7.92. The van der Waals surface area contributed by atoms with Gasteiger partial charge in [-0.05, 0) is 42.8 Å². The molecule has 0 radical (unpaired) electrons. The Kier molecular flexibility index (Phi) is 10.4. The molecule has 0 bridgehead atoms. The molecule has 0 aromatic heterocycles. The van der Waals surface area contributed by atoms with Crippen LogP contribution in [0.25, 0.3) is 0 Å². The van der Waals surface area contributed by atoms with Crippen LogP contribution in [0.3, 0.4) is 0 Å². The van der Waals surface area contributed by atoms with E-state index in [9.17, 15) is 32.5 Å². The number of nitrogens with one attached hydrogen (secondary N) is 1. The fraction of sp³-hybridized carbons (Fsp3) is 0.188. The fourth-order valence-corrected chi connectivity index (χ4v) is 6.08. The lowest BCUT2D eigenvalue weighted by Gasteiger charge is -2.33. The van der Waals surface area contributed by atoms with E-state index in [2.05, 4.69) is 5.32 Å². The second-order valence-corrected chi connectivity index (χ2v) is 11.7. The van der Waals surface area contributed by atoms with Crippen LogP contribution >= 0.6 is 0 Å². The van der Waals surface area contributed by atoms with E-state index in [0.29, 0.717) is 0 Å². The highest BCUT2D eigenvalue weighted by atomic mass is 32.2. The molecule has 0 aliphatic heterocycles. The van der Waals surface area contributed by atoms with Crippen molar-refractivity contribution in [1.82, 2.24) is 10.2 Å². The predicted molar refractivity (Wildman–Crippen MR) is 164 cm³/mol. The summed E-state index contributed by atoms with van der Waals surface area (Å²) in [5, 5.41) is 14.0. The number of nitro groups is 1. The molecule has 0 aliphatic carbocycles. The van der Waals surface area contributed by atoms with Crippen molar-refractivity contribution in [1.29, 1.82) is 0 Å². The van der Waals surface area contributed by atoms with E-state index >= 15 is 0 Å². The predicted octanol–water partition coefficient (Wildman–Crippen LogP) is 4.71. The van der Waals surface area contributed by atoms with Gasteiger partial charge in [0.2, 0.25) is 11.8 Å². The fourth-order valence-electron chi connectivity index (χ4n) is 4.65. The maximum atomic E-state index is 14.9. The van der Waals surface area contributed by atoms with Gasteiger partial charge in [0.05, 0.1) is 15.5 Å². The van der Waals surface area contributed by atoms with Crippen molar-refractivity contribution in [2.45, 2.75) is 30.8 Å². The zero-order chi connectivity index (χ0) is 31.7. The molecule has 0 fully saturated rings. The second kappa shape index (κ2) is 14.4. The summed E-state index contributed by atoms with van der Waals surface area (Å²) in [6, 6.07) is 25.8. The van der Waals surface area contributed by atoms with Gasteiger partial charge in [-0.3, -0.25) is 24.0 Å². The summed E-state index contributed by atoms with van der Waals surface area (Å²) in [6.07, 6.45) is 0.0792. The van der Waals surface area contributed by atoms with Crippen LogP contribution in [0.15, 0.2) is 114 Å². The number of hydrogen-bond donors (Lipinski definition) is 1. The Labute approximate surface area is 254 Å². The number of halogens is 1. The van der Waals surface area contributed by atoms with Crippen LogP contribution in [0.2, 0.25) is 0 Å². The minimum atomic E-state index is -4.37. The Morgan fingerprint density at radius 3 is 2.07 bits per heavy atom.